The number of carbonyl (C=O) groups is 2. The minimum atomic E-state index is -0.0834. The highest BCUT2D eigenvalue weighted by Gasteiger charge is 2.27. The van der Waals surface area contributed by atoms with Gasteiger partial charge in [-0.15, -0.1) is 0 Å². The standard InChI is InChI=1S/C22H27N5O2/c1-15(28)27-13-5-6-16(14-27)21-17(9-11-23-21)22(29)24-12-10-20-25-18-7-3-4-8-19(18)26(20)2/h3-4,7-9,11,16,23H,5-6,10,12-14H2,1-2H3,(H,24,29). The molecule has 2 amide bonds. The second-order valence-electron chi connectivity index (χ2n) is 7.69. The number of nitrogens with zero attached hydrogens (tertiary/aromatic N) is 3. The fraction of sp³-hybridized carbons (Fsp3) is 0.409. The normalized spacial score (nSPS) is 16.9. The molecule has 1 unspecified atom stereocenters. The van der Waals surface area contributed by atoms with Gasteiger partial charge in [0.25, 0.3) is 5.91 Å². The van der Waals surface area contributed by atoms with Gasteiger partial charge in [0.1, 0.15) is 5.82 Å². The molecule has 1 fully saturated rings. The number of aromatic amines is 1. The minimum absolute atomic E-state index is 0.0834. The van der Waals surface area contributed by atoms with Gasteiger partial charge in [0.2, 0.25) is 5.91 Å². The van der Waals surface area contributed by atoms with Gasteiger partial charge in [-0.3, -0.25) is 9.59 Å². The summed E-state index contributed by atoms with van der Waals surface area (Å²) in [5.74, 6) is 1.13. The van der Waals surface area contributed by atoms with Gasteiger partial charge in [0, 0.05) is 57.8 Å². The minimum Gasteiger partial charge on any atom is -0.364 e. The Kier molecular flexibility index (Phi) is 5.38. The van der Waals surface area contributed by atoms with Crippen molar-refractivity contribution in [1.82, 2.24) is 24.8 Å². The number of para-hydroxylation sites is 2. The number of carbonyl (C=O) groups excluding carboxylic acids is 2. The van der Waals surface area contributed by atoms with E-state index in [9.17, 15) is 9.59 Å². The van der Waals surface area contributed by atoms with Crippen molar-refractivity contribution in [3.05, 3.63) is 53.6 Å². The van der Waals surface area contributed by atoms with Crippen LogP contribution in [-0.2, 0) is 18.3 Å². The third-order valence-electron chi connectivity index (χ3n) is 5.81. The number of piperidine rings is 1. The van der Waals surface area contributed by atoms with E-state index >= 15 is 0 Å². The van der Waals surface area contributed by atoms with E-state index in [1.807, 2.05) is 48.5 Å². The van der Waals surface area contributed by atoms with Crippen molar-refractivity contribution >= 4 is 22.8 Å². The SMILES string of the molecule is CC(=O)N1CCCC(c2[nH]ccc2C(=O)NCCc2nc3ccccc3n2C)C1. The second kappa shape index (κ2) is 8.11. The summed E-state index contributed by atoms with van der Waals surface area (Å²) >= 11 is 0. The maximum Gasteiger partial charge on any atom is 0.253 e. The molecule has 2 N–H and O–H groups in total. The molecule has 1 atom stereocenters. The lowest BCUT2D eigenvalue weighted by Gasteiger charge is -2.32. The van der Waals surface area contributed by atoms with Crippen LogP contribution < -0.4 is 5.32 Å². The van der Waals surface area contributed by atoms with Crippen molar-refractivity contribution in [3.63, 3.8) is 0 Å². The van der Waals surface area contributed by atoms with Gasteiger partial charge in [0.05, 0.1) is 16.6 Å². The Bertz CT molecular complexity index is 1030. The molecule has 1 aliphatic heterocycles. The first-order valence-corrected chi connectivity index (χ1v) is 10.2. The Morgan fingerprint density at radius 3 is 2.90 bits per heavy atom. The average Bonchev–Trinajstić information content (AvgIpc) is 3.34. The van der Waals surface area contributed by atoms with Crippen LogP contribution in [0.3, 0.4) is 0 Å². The molecule has 3 aromatic rings. The molecule has 0 bridgehead atoms. The van der Waals surface area contributed by atoms with Gasteiger partial charge in [-0.2, -0.15) is 0 Å². The summed E-state index contributed by atoms with van der Waals surface area (Å²) < 4.78 is 2.07. The van der Waals surface area contributed by atoms with Crippen LogP contribution in [0.5, 0.6) is 0 Å². The van der Waals surface area contributed by atoms with Crippen LogP contribution in [0, 0.1) is 0 Å². The summed E-state index contributed by atoms with van der Waals surface area (Å²) in [6, 6.07) is 9.85. The lowest BCUT2D eigenvalue weighted by Crippen LogP contribution is -2.38. The van der Waals surface area contributed by atoms with E-state index < -0.39 is 0 Å². The van der Waals surface area contributed by atoms with Crippen molar-refractivity contribution in [2.45, 2.75) is 32.1 Å². The molecule has 2 aromatic heterocycles. The number of H-pyrrole nitrogens is 1. The van der Waals surface area contributed by atoms with Gasteiger partial charge in [-0.05, 0) is 31.0 Å². The number of amides is 2. The predicted octanol–water partition coefficient (Wildman–Crippen LogP) is 2.60. The molecule has 1 saturated heterocycles. The number of rotatable bonds is 5. The molecule has 1 aromatic carbocycles. The van der Waals surface area contributed by atoms with Crippen molar-refractivity contribution in [3.8, 4) is 0 Å². The number of aromatic nitrogens is 3. The van der Waals surface area contributed by atoms with Crippen LogP contribution in [0.4, 0.5) is 0 Å². The molecule has 0 spiro atoms. The molecule has 152 valence electrons. The number of likely N-dealkylation sites (tertiary alicyclic amines) is 1. The van der Waals surface area contributed by atoms with Crippen LogP contribution >= 0.6 is 0 Å². The molecule has 4 rings (SSSR count). The highest BCUT2D eigenvalue weighted by atomic mass is 16.2. The number of benzene rings is 1. The molecule has 3 heterocycles. The van der Waals surface area contributed by atoms with Crippen LogP contribution in [0.1, 0.15) is 47.6 Å². The summed E-state index contributed by atoms with van der Waals surface area (Å²) in [6.45, 7) is 3.58. The van der Waals surface area contributed by atoms with Crippen LogP contribution in [0.25, 0.3) is 11.0 Å². The van der Waals surface area contributed by atoms with E-state index in [0.717, 1.165) is 41.9 Å². The Hall–Kier alpha value is -3.09. The van der Waals surface area contributed by atoms with E-state index in [0.29, 0.717) is 25.1 Å². The molecule has 0 saturated carbocycles. The van der Waals surface area contributed by atoms with Gasteiger partial charge in [-0.25, -0.2) is 4.98 Å². The first kappa shape index (κ1) is 19.2. The van der Waals surface area contributed by atoms with E-state index in [-0.39, 0.29) is 17.7 Å². The van der Waals surface area contributed by atoms with Gasteiger partial charge < -0.3 is 19.8 Å². The second-order valence-corrected chi connectivity index (χ2v) is 7.69. The molecular weight excluding hydrogens is 366 g/mol. The summed E-state index contributed by atoms with van der Waals surface area (Å²) in [4.78, 5) is 34.3. The van der Waals surface area contributed by atoms with Crippen molar-refractivity contribution in [2.75, 3.05) is 19.6 Å². The number of aryl methyl sites for hydroxylation is 1. The smallest absolute Gasteiger partial charge is 0.253 e. The quantitative estimate of drug-likeness (QED) is 0.699. The summed E-state index contributed by atoms with van der Waals surface area (Å²) in [7, 11) is 2.00. The lowest BCUT2D eigenvalue weighted by molar-refractivity contribution is -0.130. The van der Waals surface area contributed by atoms with Crippen LogP contribution in [0.2, 0.25) is 0 Å². The monoisotopic (exact) mass is 393 g/mol. The number of hydrogen-bond acceptors (Lipinski definition) is 3. The van der Waals surface area contributed by atoms with Crippen LogP contribution in [-0.4, -0.2) is 50.9 Å². The van der Waals surface area contributed by atoms with Crippen LogP contribution in [0.15, 0.2) is 36.5 Å². The van der Waals surface area contributed by atoms with E-state index in [2.05, 4.69) is 19.9 Å². The number of hydrogen-bond donors (Lipinski definition) is 2. The molecule has 7 heteroatoms. The Morgan fingerprint density at radius 1 is 1.28 bits per heavy atom. The molecule has 1 aliphatic rings. The average molecular weight is 393 g/mol. The highest BCUT2D eigenvalue weighted by Crippen LogP contribution is 2.28. The third-order valence-corrected chi connectivity index (χ3v) is 5.81. The van der Waals surface area contributed by atoms with Crippen molar-refractivity contribution in [2.24, 2.45) is 7.05 Å². The first-order chi connectivity index (χ1) is 14.0. The zero-order valence-corrected chi connectivity index (χ0v) is 16.9. The van der Waals surface area contributed by atoms with Crippen molar-refractivity contribution < 1.29 is 9.59 Å². The molecule has 0 aliphatic carbocycles. The fourth-order valence-electron chi connectivity index (χ4n) is 4.22. The zero-order chi connectivity index (χ0) is 20.4. The number of fused-ring (bicyclic) bond motifs is 1. The largest absolute Gasteiger partial charge is 0.364 e. The lowest BCUT2D eigenvalue weighted by atomic mass is 9.92. The Labute approximate surface area is 170 Å². The summed E-state index contributed by atoms with van der Waals surface area (Å²) in [6.07, 6.45) is 4.40. The summed E-state index contributed by atoms with van der Waals surface area (Å²) in [5.41, 5.74) is 3.66. The maximum absolute atomic E-state index is 12.8. The van der Waals surface area contributed by atoms with E-state index in [1.165, 1.54) is 0 Å². The van der Waals surface area contributed by atoms with Gasteiger partial charge >= 0.3 is 0 Å². The first-order valence-electron chi connectivity index (χ1n) is 10.2. The van der Waals surface area contributed by atoms with Gasteiger partial charge in [-0.1, -0.05) is 12.1 Å². The molecular formula is C22H27N5O2. The topological polar surface area (TPSA) is 83.0 Å². The van der Waals surface area contributed by atoms with E-state index in [4.69, 9.17) is 0 Å². The van der Waals surface area contributed by atoms with Gasteiger partial charge in [0.15, 0.2) is 0 Å². The fourth-order valence-corrected chi connectivity index (χ4v) is 4.22. The summed E-state index contributed by atoms with van der Waals surface area (Å²) in [5, 5.41) is 3.03. The predicted molar refractivity (Wildman–Crippen MR) is 112 cm³/mol. The Balaban J connectivity index is 1.40. The number of imidazole rings is 1. The Morgan fingerprint density at radius 2 is 2.10 bits per heavy atom. The third kappa shape index (κ3) is 3.90. The van der Waals surface area contributed by atoms with E-state index in [1.54, 1.807) is 6.92 Å². The maximum atomic E-state index is 12.8. The molecule has 7 nitrogen and oxygen atoms in total. The molecule has 29 heavy (non-hydrogen) atoms. The van der Waals surface area contributed by atoms with Crippen molar-refractivity contribution in [1.29, 1.82) is 0 Å². The number of nitrogens with one attached hydrogen (secondary N) is 2. The zero-order valence-electron chi connectivity index (χ0n) is 16.9. The molecule has 0 radical (unpaired) electrons. The highest BCUT2D eigenvalue weighted by molar-refractivity contribution is 5.95.